The van der Waals surface area contributed by atoms with Gasteiger partial charge in [-0.15, -0.1) is 0 Å². The van der Waals surface area contributed by atoms with Crippen molar-refractivity contribution < 1.29 is 5.11 Å². The summed E-state index contributed by atoms with van der Waals surface area (Å²) in [4.78, 5) is 15.5. The lowest BCUT2D eigenvalue weighted by atomic mass is 9.83. The highest BCUT2D eigenvalue weighted by Crippen LogP contribution is 2.50. The summed E-state index contributed by atoms with van der Waals surface area (Å²) in [6.07, 6.45) is 3.88. The molecule has 0 atom stereocenters. The Morgan fingerprint density at radius 2 is 1.42 bits per heavy atom. The van der Waals surface area contributed by atoms with Crippen LogP contribution in [0.3, 0.4) is 0 Å². The Labute approximate surface area is 310 Å². The maximum Gasteiger partial charge on any atom is 0.146 e. The maximum absolute atomic E-state index is 11.5. The summed E-state index contributed by atoms with van der Waals surface area (Å²) in [5.41, 5.74) is 15.2. The van der Waals surface area contributed by atoms with Gasteiger partial charge in [0.05, 0.1) is 33.5 Å². The zero-order valence-corrected chi connectivity index (χ0v) is 31.3. The molecule has 53 heavy (non-hydrogen) atoms. The van der Waals surface area contributed by atoms with Gasteiger partial charge in [-0.25, -0.2) is 4.98 Å². The zero-order valence-electron chi connectivity index (χ0n) is 31.3. The Kier molecular flexibility index (Phi) is 7.26. The second-order valence-electron chi connectivity index (χ2n) is 16.1. The zero-order chi connectivity index (χ0) is 36.8. The summed E-state index contributed by atoms with van der Waals surface area (Å²) in [7, 11) is 0. The maximum atomic E-state index is 11.5. The third kappa shape index (κ3) is 5.17. The number of aryl methyl sites for hydroxylation is 2. The molecule has 260 valence electrons. The third-order valence-electron chi connectivity index (χ3n) is 11.1. The van der Waals surface area contributed by atoms with Gasteiger partial charge in [-0.1, -0.05) is 87.5 Å². The molecule has 0 bridgehead atoms. The first-order chi connectivity index (χ1) is 25.4. The van der Waals surface area contributed by atoms with Gasteiger partial charge in [0, 0.05) is 34.5 Å². The number of pyridine rings is 2. The van der Waals surface area contributed by atoms with Gasteiger partial charge in [-0.3, -0.25) is 9.97 Å². The minimum atomic E-state index is -0.545. The van der Waals surface area contributed by atoms with Gasteiger partial charge in [-0.05, 0) is 120 Å². The van der Waals surface area contributed by atoms with E-state index < -0.39 is 5.54 Å². The van der Waals surface area contributed by atoms with Gasteiger partial charge in [-0.2, -0.15) is 0 Å². The Balaban J connectivity index is 1.32. The van der Waals surface area contributed by atoms with Crippen molar-refractivity contribution in [1.29, 1.82) is 0 Å². The minimum absolute atomic E-state index is 0.122. The molecule has 8 aromatic rings. The van der Waals surface area contributed by atoms with Gasteiger partial charge in [0.25, 0.3) is 0 Å². The third-order valence-corrected chi connectivity index (χ3v) is 11.1. The van der Waals surface area contributed by atoms with Gasteiger partial charge < -0.3 is 9.67 Å². The second kappa shape index (κ2) is 11.7. The van der Waals surface area contributed by atoms with Crippen LogP contribution in [0.1, 0.15) is 57.0 Å². The average molecular weight is 691 g/mol. The van der Waals surface area contributed by atoms with E-state index in [9.17, 15) is 5.11 Å². The fourth-order valence-electron chi connectivity index (χ4n) is 8.33. The quantitative estimate of drug-likeness (QED) is 0.200. The van der Waals surface area contributed by atoms with E-state index in [0.717, 1.165) is 78.0 Å². The molecule has 5 aromatic carbocycles. The molecule has 1 aliphatic rings. The normalized spacial score (nSPS) is 13.4. The van der Waals surface area contributed by atoms with Gasteiger partial charge in [0.1, 0.15) is 11.6 Å². The highest BCUT2D eigenvalue weighted by molar-refractivity contribution is 6.06. The molecule has 1 aliphatic heterocycles. The van der Waals surface area contributed by atoms with Crippen LogP contribution in [0, 0.1) is 13.8 Å². The fourth-order valence-corrected chi connectivity index (χ4v) is 8.33. The van der Waals surface area contributed by atoms with Crippen molar-refractivity contribution in [3.05, 3.63) is 144 Å². The van der Waals surface area contributed by atoms with Gasteiger partial charge in [0.15, 0.2) is 0 Å². The Hall–Kier alpha value is -6.07. The molecule has 0 fully saturated rings. The van der Waals surface area contributed by atoms with E-state index in [1.807, 2.05) is 24.5 Å². The van der Waals surface area contributed by atoms with E-state index in [4.69, 9.17) is 15.0 Å². The first-order valence-corrected chi connectivity index (χ1v) is 18.3. The molecule has 0 aliphatic carbocycles. The van der Waals surface area contributed by atoms with Crippen LogP contribution in [0.15, 0.2) is 122 Å². The molecule has 5 heteroatoms. The number of aromatic hydroxyl groups is 1. The molecule has 0 amide bonds. The second-order valence-corrected chi connectivity index (χ2v) is 16.1. The van der Waals surface area contributed by atoms with Crippen LogP contribution in [-0.2, 0) is 11.0 Å². The lowest BCUT2D eigenvalue weighted by Gasteiger charge is -2.34. The van der Waals surface area contributed by atoms with E-state index in [1.165, 1.54) is 22.3 Å². The van der Waals surface area contributed by atoms with Gasteiger partial charge in [0.2, 0.25) is 0 Å². The van der Waals surface area contributed by atoms with Crippen molar-refractivity contribution in [3.63, 3.8) is 0 Å². The highest BCUT2D eigenvalue weighted by atomic mass is 16.3. The van der Waals surface area contributed by atoms with Crippen molar-refractivity contribution in [1.82, 2.24) is 19.5 Å². The summed E-state index contributed by atoms with van der Waals surface area (Å²) in [6.45, 7) is 15.5. The molecule has 0 saturated heterocycles. The number of rotatable bonds is 4. The standard InChI is InChI=1S/C48H42N4O/c1-28-12-11-13-29(2)41(28)32-16-18-38(50-27-32)35-22-34(23-36(24-35)47(3,4)5)37-25-33(30-14-9-8-10-15-30)26-39-44(37)51-46-43-40(53)19-17-31-20-21-49-45(42(31)43)48(6,7)52(39)46/h8-27,53H,1-7H3. The number of phenolic OH excluding ortho intramolecular Hbond substituents is 1. The number of fused-ring (bicyclic) bond motifs is 4. The van der Waals surface area contributed by atoms with Crippen molar-refractivity contribution in [2.24, 2.45) is 0 Å². The van der Waals surface area contributed by atoms with E-state index >= 15 is 0 Å². The average Bonchev–Trinajstić information content (AvgIpc) is 3.54. The number of benzene rings is 5. The number of imidazole rings is 1. The number of aromatic nitrogens is 4. The Morgan fingerprint density at radius 1 is 0.660 bits per heavy atom. The van der Waals surface area contributed by atoms with Crippen molar-refractivity contribution >= 4 is 21.8 Å². The first kappa shape index (κ1) is 32.8. The van der Waals surface area contributed by atoms with E-state index in [0.29, 0.717) is 0 Å². The molecule has 3 aromatic heterocycles. The summed E-state index contributed by atoms with van der Waals surface area (Å²) in [5, 5.41) is 13.4. The largest absolute Gasteiger partial charge is 0.507 e. The lowest BCUT2D eigenvalue weighted by Crippen LogP contribution is -2.32. The number of phenols is 1. The van der Waals surface area contributed by atoms with E-state index in [-0.39, 0.29) is 11.2 Å². The molecule has 0 saturated carbocycles. The van der Waals surface area contributed by atoms with Gasteiger partial charge >= 0.3 is 0 Å². The van der Waals surface area contributed by atoms with Crippen LogP contribution in [-0.4, -0.2) is 24.6 Å². The van der Waals surface area contributed by atoms with Crippen LogP contribution in [0.4, 0.5) is 0 Å². The predicted molar refractivity (Wildman–Crippen MR) is 218 cm³/mol. The van der Waals surface area contributed by atoms with Crippen LogP contribution < -0.4 is 0 Å². The van der Waals surface area contributed by atoms with Crippen LogP contribution in [0.2, 0.25) is 0 Å². The topological polar surface area (TPSA) is 63.8 Å². The SMILES string of the molecule is Cc1cccc(C)c1-c1ccc(-c2cc(-c3cc(-c4ccccc4)cc4c3nc3n4C(C)(C)c4nccc5ccc(O)c-3c45)cc(C(C)(C)C)c2)nc1. The molecule has 1 N–H and O–H groups in total. The minimum Gasteiger partial charge on any atom is -0.507 e. The molecular weight excluding hydrogens is 649 g/mol. The van der Waals surface area contributed by atoms with Crippen molar-refractivity contribution in [2.75, 3.05) is 0 Å². The fraction of sp³-hybridized carbons (Fsp3) is 0.188. The lowest BCUT2D eigenvalue weighted by molar-refractivity contribution is 0.434. The molecular formula is C48H42N4O. The van der Waals surface area contributed by atoms with Crippen LogP contribution in [0.5, 0.6) is 5.75 Å². The highest BCUT2D eigenvalue weighted by Gasteiger charge is 2.38. The number of hydrogen-bond acceptors (Lipinski definition) is 4. The molecule has 0 spiro atoms. The molecule has 0 radical (unpaired) electrons. The first-order valence-electron chi connectivity index (χ1n) is 18.3. The predicted octanol–water partition coefficient (Wildman–Crippen LogP) is 12.0. The number of hydrogen-bond donors (Lipinski definition) is 1. The molecule has 5 nitrogen and oxygen atoms in total. The molecule has 9 rings (SSSR count). The summed E-state index contributed by atoms with van der Waals surface area (Å²) in [6, 6.07) is 38.4. The van der Waals surface area contributed by atoms with Crippen molar-refractivity contribution in [3.8, 4) is 61.8 Å². The monoisotopic (exact) mass is 690 g/mol. The van der Waals surface area contributed by atoms with Crippen molar-refractivity contribution in [2.45, 2.75) is 59.4 Å². The Bertz CT molecular complexity index is 2730. The molecule has 4 heterocycles. The Morgan fingerprint density at radius 3 is 2.13 bits per heavy atom. The van der Waals surface area contributed by atoms with Crippen LogP contribution >= 0.6 is 0 Å². The summed E-state index contributed by atoms with van der Waals surface area (Å²) in [5.74, 6) is 0.951. The van der Waals surface area contributed by atoms with E-state index in [1.54, 1.807) is 6.07 Å². The van der Waals surface area contributed by atoms with E-state index in [2.05, 4.69) is 144 Å². The number of nitrogens with zero attached hydrogens (tertiary/aromatic N) is 4. The summed E-state index contributed by atoms with van der Waals surface area (Å²) < 4.78 is 2.28. The van der Waals surface area contributed by atoms with Crippen LogP contribution in [0.25, 0.3) is 77.8 Å². The smallest absolute Gasteiger partial charge is 0.146 e. The molecule has 0 unspecified atom stereocenters. The summed E-state index contributed by atoms with van der Waals surface area (Å²) >= 11 is 0.